The summed E-state index contributed by atoms with van der Waals surface area (Å²) in [6, 6.07) is 8.30. The van der Waals surface area contributed by atoms with E-state index < -0.39 is 5.91 Å². The number of benzene rings is 1. The zero-order valence-electron chi connectivity index (χ0n) is 15.4. The molecule has 7 nitrogen and oxygen atoms in total. The van der Waals surface area contributed by atoms with Gasteiger partial charge in [0.2, 0.25) is 5.91 Å². The van der Waals surface area contributed by atoms with Crippen LogP contribution in [0.25, 0.3) is 0 Å². The van der Waals surface area contributed by atoms with Gasteiger partial charge in [0.15, 0.2) is 0 Å². The van der Waals surface area contributed by atoms with E-state index in [-0.39, 0.29) is 11.8 Å². The number of nitriles is 1. The van der Waals surface area contributed by atoms with Crippen LogP contribution in [0.15, 0.2) is 24.3 Å². The van der Waals surface area contributed by atoms with Crippen LogP contribution in [0.1, 0.15) is 62.9 Å². The number of fused-ring (bicyclic) bond motifs is 1. The number of nitrogens with zero attached hydrogens (tertiary/aromatic N) is 1. The van der Waals surface area contributed by atoms with Gasteiger partial charge in [-0.05, 0) is 55.5 Å². The molecule has 1 aliphatic rings. The molecule has 0 saturated heterocycles. The number of rotatable bonds is 3. The molecule has 0 fully saturated rings. The van der Waals surface area contributed by atoms with Gasteiger partial charge >= 0.3 is 0 Å². The molecule has 3 N–H and O–H groups in total. The molecular weight excluding hydrogens is 376 g/mol. The summed E-state index contributed by atoms with van der Waals surface area (Å²) < 4.78 is 0. The lowest BCUT2D eigenvalue weighted by molar-refractivity contribution is -0.119. The SMILES string of the molecule is CC(=O)NNC(=O)c1c(NC(=O)c2ccc(C#N)cc2)sc2c1CCCCC2. The highest BCUT2D eigenvalue weighted by Gasteiger charge is 2.26. The van der Waals surface area contributed by atoms with E-state index in [1.165, 1.54) is 18.3 Å². The fraction of sp³-hybridized carbons (Fsp3) is 0.300. The molecule has 0 radical (unpaired) electrons. The molecular formula is C20H20N4O3S. The van der Waals surface area contributed by atoms with Crippen LogP contribution < -0.4 is 16.2 Å². The first-order valence-corrected chi connectivity index (χ1v) is 9.84. The second-order valence-electron chi connectivity index (χ2n) is 6.55. The monoisotopic (exact) mass is 396 g/mol. The summed E-state index contributed by atoms with van der Waals surface area (Å²) in [5.41, 5.74) is 6.93. The lowest BCUT2D eigenvalue weighted by Crippen LogP contribution is -2.40. The molecule has 0 spiro atoms. The van der Waals surface area contributed by atoms with Crippen LogP contribution in [0, 0.1) is 11.3 Å². The number of carbonyl (C=O) groups excluding carboxylic acids is 3. The number of thiophene rings is 1. The molecule has 0 bridgehead atoms. The molecule has 0 unspecified atom stereocenters. The molecule has 0 aliphatic heterocycles. The first kappa shape index (κ1) is 19.6. The number of hydrogen-bond donors (Lipinski definition) is 3. The Morgan fingerprint density at radius 3 is 2.39 bits per heavy atom. The van der Waals surface area contributed by atoms with Crippen LogP contribution in [0.3, 0.4) is 0 Å². The average Bonchev–Trinajstić information content (AvgIpc) is 2.86. The molecule has 28 heavy (non-hydrogen) atoms. The van der Waals surface area contributed by atoms with Gasteiger partial charge in [0.25, 0.3) is 11.8 Å². The quantitative estimate of drug-likeness (QED) is 0.547. The average molecular weight is 396 g/mol. The van der Waals surface area contributed by atoms with Gasteiger partial charge in [-0.25, -0.2) is 0 Å². The molecule has 2 aromatic rings. The zero-order valence-corrected chi connectivity index (χ0v) is 16.2. The predicted molar refractivity (Wildman–Crippen MR) is 106 cm³/mol. The molecule has 3 amide bonds. The minimum Gasteiger partial charge on any atom is -0.313 e. The minimum absolute atomic E-state index is 0.352. The van der Waals surface area contributed by atoms with Crippen molar-refractivity contribution in [3.63, 3.8) is 0 Å². The van der Waals surface area contributed by atoms with E-state index in [1.54, 1.807) is 24.3 Å². The van der Waals surface area contributed by atoms with Crippen LogP contribution in [0.5, 0.6) is 0 Å². The van der Waals surface area contributed by atoms with Gasteiger partial charge in [-0.15, -0.1) is 11.3 Å². The molecule has 1 aromatic heterocycles. The summed E-state index contributed by atoms with van der Waals surface area (Å²) in [6.07, 6.45) is 4.76. The van der Waals surface area contributed by atoms with Crippen LogP contribution >= 0.6 is 11.3 Å². The highest BCUT2D eigenvalue weighted by Crippen LogP contribution is 2.37. The van der Waals surface area contributed by atoms with Crippen molar-refractivity contribution < 1.29 is 14.4 Å². The lowest BCUT2D eigenvalue weighted by atomic mass is 10.0. The highest BCUT2D eigenvalue weighted by molar-refractivity contribution is 7.17. The van der Waals surface area contributed by atoms with E-state index in [4.69, 9.17) is 5.26 Å². The molecule has 8 heteroatoms. The van der Waals surface area contributed by atoms with Gasteiger partial charge in [0.05, 0.1) is 17.2 Å². The van der Waals surface area contributed by atoms with E-state index in [0.29, 0.717) is 21.7 Å². The Kier molecular flexibility index (Phi) is 6.06. The van der Waals surface area contributed by atoms with Gasteiger partial charge in [-0.3, -0.25) is 25.2 Å². The van der Waals surface area contributed by atoms with Crippen molar-refractivity contribution in [2.45, 2.75) is 39.0 Å². The summed E-state index contributed by atoms with van der Waals surface area (Å²) in [5, 5.41) is 12.2. The van der Waals surface area contributed by atoms with Gasteiger partial charge in [-0.2, -0.15) is 5.26 Å². The number of anilines is 1. The van der Waals surface area contributed by atoms with Gasteiger partial charge in [0.1, 0.15) is 5.00 Å². The maximum Gasteiger partial charge on any atom is 0.272 e. The number of amides is 3. The lowest BCUT2D eigenvalue weighted by Gasteiger charge is -2.10. The Bertz CT molecular complexity index is 957. The number of hydrazine groups is 1. The van der Waals surface area contributed by atoms with Gasteiger partial charge < -0.3 is 5.32 Å². The van der Waals surface area contributed by atoms with E-state index >= 15 is 0 Å². The minimum atomic E-state index is -0.440. The van der Waals surface area contributed by atoms with Crippen molar-refractivity contribution in [1.29, 1.82) is 5.26 Å². The first-order chi connectivity index (χ1) is 13.5. The fourth-order valence-corrected chi connectivity index (χ4v) is 4.43. The van der Waals surface area contributed by atoms with Crippen LogP contribution in [0.2, 0.25) is 0 Å². The Morgan fingerprint density at radius 1 is 1.00 bits per heavy atom. The summed E-state index contributed by atoms with van der Waals surface area (Å²) in [5.74, 6) is -1.17. The van der Waals surface area contributed by atoms with Crippen LogP contribution in [-0.2, 0) is 17.6 Å². The van der Waals surface area contributed by atoms with Crippen molar-refractivity contribution in [2.24, 2.45) is 0 Å². The fourth-order valence-electron chi connectivity index (χ4n) is 3.15. The highest BCUT2D eigenvalue weighted by atomic mass is 32.1. The topological polar surface area (TPSA) is 111 Å². The van der Waals surface area contributed by atoms with Crippen molar-refractivity contribution in [2.75, 3.05) is 5.32 Å². The number of aryl methyl sites for hydroxylation is 1. The smallest absolute Gasteiger partial charge is 0.272 e. The third-order valence-corrected chi connectivity index (χ3v) is 5.71. The Hall–Kier alpha value is -3.18. The Labute approximate surface area is 166 Å². The van der Waals surface area contributed by atoms with E-state index in [1.807, 2.05) is 6.07 Å². The standard InChI is InChI=1S/C20H20N4O3S/c1-12(25)23-24-19(27)17-15-5-3-2-4-6-16(15)28-20(17)22-18(26)14-9-7-13(11-21)8-10-14/h7-10H,2-6H2,1H3,(H,22,26)(H,23,25)(H,24,27). The first-order valence-electron chi connectivity index (χ1n) is 9.02. The van der Waals surface area contributed by atoms with Crippen molar-refractivity contribution in [1.82, 2.24) is 10.9 Å². The second-order valence-corrected chi connectivity index (χ2v) is 7.65. The zero-order chi connectivity index (χ0) is 20.1. The molecule has 0 atom stereocenters. The Balaban J connectivity index is 1.90. The molecule has 1 heterocycles. The number of hydrogen-bond acceptors (Lipinski definition) is 5. The number of carbonyl (C=O) groups is 3. The Morgan fingerprint density at radius 2 is 1.71 bits per heavy atom. The van der Waals surface area contributed by atoms with Crippen molar-refractivity contribution >= 4 is 34.1 Å². The van der Waals surface area contributed by atoms with E-state index in [2.05, 4.69) is 16.2 Å². The van der Waals surface area contributed by atoms with Gasteiger partial charge in [-0.1, -0.05) is 6.42 Å². The van der Waals surface area contributed by atoms with Crippen LogP contribution in [-0.4, -0.2) is 17.7 Å². The maximum atomic E-state index is 12.7. The summed E-state index contributed by atoms with van der Waals surface area (Å²) in [7, 11) is 0. The van der Waals surface area contributed by atoms with Crippen molar-refractivity contribution in [3.8, 4) is 6.07 Å². The van der Waals surface area contributed by atoms with Gasteiger partial charge in [0, 0.05) is 17.4 Å². The van der Waals surface area contributed by atoms with E-state index in [9.17, 15) is 14.4 Å². The molecule has 144 valence electrons. The molecule has 1 aliphatic carbocycles. The summed E-state index contributed by atoms with van der Waals surface area (Å²) in [6.45, 7) is 1.31. The van der Waals surface area contributed by atoms with E-state index in [0.717, 1.165) is 42.5 Å². The molecule has 1 aromatic carbocycles. The second kappa shape index (κ2) is 8.67. The largest absolute Gasteiger partial charge is 0.313 e. The van der Waals surface area contributed by atoms with Crippen molar-refractivity contribution in [3.05, 3.63) is 51.4 Å². The number of nitrogens with one attached hydrogen (secondary N) is 3. The summed E-state index contributed by atoms with van der Waals surface area (Å²) >= 11 is 1.41. The predicted octanol–water partition coefficient (Wildman–Crippen LogP) is 2.92. The third kappa shape index (κ3) is 4.38. The van der Waals surface area contributed by atoms with Crippen LogP contribution in [0.4, 0.5) is 5.00 Å². The maximum absolute atomic E-state index is 12.7. The normalized spacial score (nSPS) is 12.9. The summed E-state index contributed by atoms with van der Waals surface area (Å²) in [4.78, 5) is 37.6. The molecule has 3 rings (SSSR count). The molecule has 0 saturated carbocycles. The third-order valence-electron chi connectivity index (χ3n) is 4.50.